The maximum Gasteiger partial charge on any atom is 0.416 e. The van der Waals surface area contributed by atoms with Crippen molar-refractivity contribution in [3.05, 3.63) is 71.6 Å². The molecule has 6 heteroatoms. The molecule has 0 aromatic heterocycles. The van der Waals surface area contributed by atoms with Crippen LogP contribution in [-0.2, 0) is 12.1 Å². The minimum absolute atomic E-state index is 0.331. The molecule has 1 aromatic rings. The first-order valence-corrected chi connectivity index (χ1v) is 5.67. The van der Waals surface area contributed by atoms with Gasteiger partial charge in [0, 0.05) is 23.5 Å². The van der Waals surface area contributed by atoms with E-state index in [1.165, 1.54) is 24.4 Å². The smallest absolute Gasteiger partial charge is 0.367 e. The van der Waals surface area contributed by atoms with Gasteiger partial charge in [0.1, 0.15) is 0 Å². The molecule has 0 bridgehead atoms. The van der Waals surface area contributed by atoms with E-state index in [4.69, 9.17) is 0 Å². The summed E-state index contributed by atoms with van der Waals surface area (Å²) in [6.45, 7) is 0. The number of nitrogens with one attached hydrogen (secondary N) is 1. The van der Waals surface area contributed by atoms with Gasteiger partial charge in [0.05, 0.1) is 5.56 Å². The molecule has 0 atom stereocenters. The second-order valence-electron chi connectivity index (χ2n) is 4.13. The summed E-state index contributed by atoms with van der Waals surface area (Å²) in [5.74, 6) is -3.38. The fourth-order valence-electron chi connectivity index (χ4n) is 1.69. The lowest BCUT2D eigenvalue weighted by Crippen LogP contribution is -2.17. The van der Waals surface area contributed by atoms with Gasteiger partial charge in [-0.3, -0.25) is 0 Å². The molecule has 0 spiro atoms. The number of benzene rings is 1. The van der Waals surface area contributed by atoms with Crippen LogP contribution < -0.4 is 5.32 Å². The van der Waals surface area contributed by atoms with Gasteiger partial charge in [-0.1, -0.05) is 24.3 Å². The molecular weight excluding hydrogens is 277 g/mol. The standard InChI is InChI=1S/C14H10F5N/c15-13(16,12-3-1-2-8-20-9-12)10-4-6-11(7-5-10)14(17,18)19/h1-9,20H. The van der Waals surface area contributed by atoms with Crippen molar-refractivity contribution >= 4 is 0 Å². The minimum atomic E-state index is -4.54. The van der Waals surface area contributed by atoms with Crippen LogP contribution in [0.4, 0.5) is 22.0 Å². The summed E-state index contributed by atoms with van der Waals surface area (Å²) in [5, 5.41) is 2.54. The van der Waals surface area contributed by atoms with Crippen LogP contribution in [0.5, 0.6) is 0 Å². The molecule has 0 radical (unpaired) electrons. The van der Waals surface area contributed by atoms with E-state index in [-0.39, 0.29) is 5.57 Å². The average molecular weight is 287 g/mol. The summed E-state index contributed by atoms with van der Waals surface area (Å²) in [5.41, 5.74) is -1.78. The summed E-state index contributed by atoms with van der Waals surface area (Å²) >= 11 is 0. The molecule has 20 heavy (non-hydrogen) atoms. The van der Waals surface area contributed by atoms with Crippen molar-refractivity contribution in [1.29, 1.82) is 0 Å². The van der Waals surface area contributed by atoms with E-state index < -0.39 is 23.2 Å². The largest absolute Gasteiger partial charge is 0.416 e. The number of alkyl halides is 5. The molecule has 106 valence electrons. The van der Waals surface area contributed by atoms with Gasteiger partial charge in [-0.25, -0.2) is 0 Å². The van der Waals surface area contributed by atoms with Crippen LogP contribution in [0.15, 0.2) is 60.5 Å². The van der Waals surface area contributed by atoms with Crippen LogP contribution in [0.3, 0.4) is 0 Å². The Balaban J connectivity index is 2.32. The monoisotopic (exact) mass is 287 g/mol. The lowest BCUT2D eigenvalue weighted by Gasteiger charge is -2.18. The number of rotatable bonds is 2. The maximum absolute atomic E-state index is 14.2. The van der Waals surface area contributed by atoms with Gasteiger partial charge in [-0.15, -0.1) is 0 Å². The predicted molar refractivity (Wildman–Crippen MR) is 64.8 cm³/mol. The highest BCUT2D eigenvalue weighted by Crippen LogP contribution is 2.38. The second kappa shape index (κ2) is 5.11. The minimum Gasteiger partial charge on any atom is -0.367 e. The summed E-state index contributed by atoms with van der Waals surface area (Å²) in [6, 6.07) is 2.87. The van der Waals surface area contributed by atoms with Crippen molar-refractivity contribution < 1.29 is 22.0 Å². The second-order valence-corrected chi connectivity index (χ2v) is 4.13. The molecule has 1 nitrogen and oxygen atoms in total. The normalized spacial score (nSPS) is 15.6. The van der Waals surface area contributed by atoms with Gasteiger partial charge in [0.25, 0.3) is 5.92 Å². The first-order valence-electron chi connectivity index (χ1n) is 5.67. The third-order valence-corrected chi connectivity index (χ3v) is 2.76. The fraction of sp³-hybridized carbons (Fsp3) is 0.143. The number of hydrogen-bond donors (Lipinski definition) is 1. The number of hydrogen-bond acceptors (Lipinski definition) is 1. The van der Waals surface area contributed by atoms with E-state index >= 15 is 0 Å². The number of allylic oxidation sites excluding steroid dienone is 4. The zero-order valence-corrected chi connectivity index (χ0v) is 10.1. The van der Waals surface area contributed by atoms with Crippen molar-refractivity contribution in [2.45, 2.75) is 12.1 Å². The molecule has 0 unspecified atom stereocenters. The molecule has 2 rings (SSSR count). The van der Waals surface area contributed by atoms with Gasteiger partial charge in [0.15, 0.2) is 0 Å². The highest BCUT2D eigenvalue weighted by molar-refractivity contribution is 5.39. The van der Waals surface area contributed by atoms with Crippen molar-refractivity contribution in [3.8, 4) is 0 Å². The van der Waals surface area contributed by atoms with E-state index in [1.54, 1.807) is 0 Å². The lowest BCUT2D eigenvalue weighted by atomic mass is 9.99. The molecule has 0 amide bonds. The third kappa shape index (κ3) is 2.89. The lowest BCUT2D eigenvalue weighted by molar-refractivity contribution is -0.137. The van der Waals surface area contributed by atoms with E-state index in [0.717, 1.165) is 18.3 Å². The summed E-state index contributed by atoms with van der Waals surface area (Å²) in [4.78, 5) is 0. The Labute approximate surface area is 112 Å². The van der Waals surface area contributed by atoms with Crippen molar-refractivity contribution in [3.63, 3.8) is 0 Å². The fourth-order valence-corrected chi connectivity index (χ4v) is 1.69. The Bertz CT molecular complexity index is 564. The van der Waals surface area contributed by atoms with Gasteiger partial charge < -0.3 is 5.32 Å². The van der Waals surface area contributed by atoms with Crippen molar-refractivity contribution in [2.24, 2.45) is 0 Å². The molecule has 1 N–H and O–H groups in total. The molecular formula is C14H10F5N. The van der Waals surface area contributed by atoms with E-state index in [1.807, 2.05) is 0 Å². The van der Waals surface area contributed by atoms with Crippen molar-refractivity contribution in [1.82, 2.24) is 5.32 Å². The molecule has 1 aliphatic rings. The molecule has 0 fully saturated rings. The topological polar surface area (TPSA) is 12.0 Å². The molecule has 0 aliphatic carbocycles. The van der Waals surface area contributed by atoms with Crippen LogP contribution in [0.2, 0.25) is 0 Å². The highest BCUT2D eigenvalue weighted by atomic mass is 19.4. The van der Waals surface area contributed by atoms with Crippen LogP contribution >= 0.6 is 0 Å². The summed E-state index contributed by atoms with van der Waals surface area (Å²) < 4.78 is 65.6. The zero-order chi connectivity index (χ0) is 14.8. The molecule has 1 heterocycles. The van der Waals surface area contributed by atoms with Crippen molar-refractivity contribution in [2.75, 3.05) is 0 Å². The van der Waals surface area contributed by atoms with Crippen LogP contribution in [0.1, 0.15) is 11.1 Å². The quantitative estimate of drug-likeness (QED) is 0.797. The van der Waals surface area contributed by atoms with Gasteiger partial charge in [-0.05, 0) is 18.2 Å². The third-order valence-electron chi connectivity index (χ3n) is 2.76. The average Bonchev–Trinajstić information content (AvgIpc) is 2.67. The summed E-state index contributed by atoms with van der Waals surface area (Å²) in [6.07, 6.45) is 2.19. The maximum atomic E-state index is 14.2. The Kier molecular flexibility index (Phi) is 3.65. The molecule has 1 aromatic carbocycles. The van der Waals surface area contributed by atoms with Gasteiger partial charge in [0.2, 0.25) is 0 Å². The molecule has 0 saturated heterocycles. The van der Waals surface area contributed by atoms with E-state index in [2.05, 4.69) is 5.32 Å². The first-order chi connectivity index (χ1) is 9.32. The Morgan fingerprint density at radius 2 is 1.40 bits per heavy atom. The van der Waals surface area contributed by atoms with Gasteiger partial charge in [-0.2, -0.15) is 22.0 Å². The summed E-state index contributed by atoms with van der Waals surface area (Å²) in [7, 11) is 0. The van der Waals surface area contributed by atoms with Crippen LogP contribution in [-0.4, -0.2) is 0 Å². The van der Waals surface area contributed by atoms with Crippen LogP contribution in [0, 0.1) is 0 Å². The predicted octanol–water partition coefficient (Wildman–Crippen LogP) is 4.35. The van der Waals surface area contributed by atoms with Gasteiger partial charge >= 0.3 is 6.18 Å². The first kappa shape index (κ1) is 14.3. The SMILES string of the molecule is FC(F)(F)c1ccc(C(F)(F)C2=CNC=CC=C2)cc1. The van der Waals surface area contributed by atoms with E-state index in [9.17, 15) is 22.0 Å². The molecule has 1 aliphatic heterocycles. The van der Waals surface area contributed by atoms with Crippen LogP contribution in [0.25, 0.3) is 0 Å². The zero-order valence-electron chi connectivity index (χ0n) is 10.1. The molecule has 0 saturated carbocycles. The Hall–Kier alpha value is -2.11. The number of halogens is 5. The Morgan fingerprint density at radius 1 is 0.800 bits per heavy atom. The van der Waals surface area contributed by atoms with E-state index in [0.29, 0.717) is 12.1 Å². The Morgan fingerprint density at radius 3 is 2.00 bits per heavy atom. The highest BCUT2D eigenvalue weighted by Gasteiger charge is 2.37.